The topological polar surface area (TPSA) is 92.7 Å². The lowest BCUT2D eigenvalue weighted by atomic mass is 9.89. The Hall–Kier alpha value is -0.660. The maximum absolute atomic E-state index is 11.5. The first-order valence-corrected chi connectivity index (χ1v) is 6.79. The van der Waals surface area contributed by atoms with Crippen molar-refractivity contribution >= 4 is 16.1 Å². The average Bonchev–Trinajstić information content (AvgIpc) is 2.76. The molecule has 7 heteroatoms. The molecule has 0 aromatic heterocycles. The fraction of sp³-hybridized carbons (Fsp3) is 0.889. The Bertz CT molecular complexity index is 375. The first-order valence-electron chi connectivity index (χ1n) is 5.21. The molecule has 2 bridgehead atoms. The fourth-order valence-corrected chi connectivity index (χ4v) is 2.52. The van der Waals surface area contributed by atoms with Gasteiger partial charge >= 0.3 is 5.97 Å². The highest BCUT2D eigenvalue weighted by molar-refractivity contribution is 7.85. The molecule has 0 amide bonds. The quantitative estimate of drug-likeness (QED) is 0.499. The second kappa shape index (κ2) is 4.31. The smallest absolute Gasteiger partial charge is 0.311 e. The number of hydrogen-bond acceptors (Lipinski definition) is 6. The van der Waals surface area contributed by atoms with Gasteiger partial charge in [-0.3, -0.25) is 4.79 Å². The molecule has 2 fully saturated rings. The molecule has 0 aromatic rings. The lowest BCUT2D eigenvalue weighted by Crippen LogP contribution is -2.28. The summed E-state index contributed by atoms with van der Waals surface area (Å²) in [5, 5.41) is 0. The number of ether oxygens (including phenoxy) is 2. The summed E-state index contributed by atoms with van der Waals surface area (Å²) in [4.78, 5) is 11.5. The van der Waals surface area contributed by atoms with Gasteiger partial charge in [-0.25, -0.2) is 8.42 Å². The van der Waals surface area contributed by atoms with E-state index in [4.69, 9.17) is 9.47 Å². The van der Waals surface area contributed by atoms with Crippen molar-refractivity contribution in [1.82, 2.24) is 0 Å². The summed E-state index contributed by atoms with van der Waals surface area (Å²) in [5.41, 5.74) is 0. The van der Waals surface area contributed by atoms with Crippen molar-refractivity contribution in [2.75, 3.05) is 12.4 Å². The van der Waals surface area contributed by atoms with Gasteiger partial charge in [0.05, 0.1) is 34.0 Å². The fourth-order valence-electron chi connectivity index (χ4n) is 2.24. The summed E-state index contributed by atoms with van der Waals surface area (Å²) < 4.78 is 41.1. The molecule has 3 unspecified atom stereocenters. The normalized spacial score (nSPS) is 32.9. The zero-order valence-corrected chi connectivity index (χ0v) is 9.44. The second-order valence-electron chi connectivity index (χ2n) is 4.15. The van der Waals surface area contributed by atoms with Crippen LogP contribution < -0.4 is 0 Å². The van der Waals surface area contributed by atoms with E-state index in [0.29, 0.717) is 6.42 Å². The highest BCUT2D eigenvalue weighted by Crippen LogP contribution is 2.39. The highest BCUT2D eigenvalue weighted by atomic mass is 32.2. The van der Waals surface area contributed by atoms with E-state index in [1.165, 1.54) is 0 Å². The zero-order valence-electron chi connectivity index (χ0n) is 8.63. The number of carbonyl (C=O) groups is 1. The van der Waals surface area contributed by atoms with Crippen LogP contribution in [-0.2, 0) is 24.4 Å². The molecule has 2 heterocycles. The Labute approximate surface area is 93.7 Å². The Balaban J connectivity index is 1.77. The van der Waals surface area contributed by atoms with Crippen LogP contribution in [-0.4, -0.2) is 43.5 Å². The monoisotopic (exact) mass is 249 g/mol. The van der Waals surface area contributed by atoms with Gasteiger partial charge in [0, 0.05) is 0 Å². The summed E-state index contributed by atoms with van der Waals surface area (Å²) in [6, 6.07) is 0. The minimum absolute atomic E-state index is 0.0821. The minimum Gasteiger partial charge on any atom is -0.748 e. The molecule has 0 aromatic carbocycles. The van der Waals surface area contributed by atoms with E-state index >= 15 is 0 Å². The Kier molecular flexibility index (Phi) is 3.18. The van der Waals surface area contributed by atoms with Gasteiger partial charge in [0.15, 0.2) is 0 Å². The van der Waals surface area contributed by atoms with Crippen LogP contribution in [0.15, 0.2) is 0 Å². The molecular formula is C9H13O6S-. The molecule has 2 saturated heterocycles. The summed E-state index contributed by atoms with van der Waals surface area (Å²) in [5.74, 6) is -1.40. The predicted octanol–water partition coefficient (Wildman–Crippen LogP) is -0.358. The van der Waals surface area contributed by atoms with E-state index < -0.39 is 21.8 Å². The van der Waals surface area contributed by atoms with Gasteiger partial charge in [-0.1, -0.05) is 0 Å². The third-order valence-electron chi connectivity index (χ3n) is 2.99. The number of esters is 1. The van der Waals surface area contributed by atoms with E-state index in [2.05, 4.69) is 0 Å². The van der Waals surface area contributed by atoms with Crippen molar-refractivity contribution in [2.45, 2.75) is 31.5 Å². The number of hydrogen-bond donors (Lipinski definition) is 0. The first-order chi connectivity index (χ1) is 7.46. The second-order valence-corrected chi connectivity index (χ2v) is 5.67. The Morgan fingerprint density at radius 2 is 2.19 bits per heavy atom. The number of carbonyl (C=O) groups excluding carboxylic acids is 1. The first kappa shape index (κ1) is 11.8. The molecule has 16 heavy (non-hydrogen) atoms. The van der Waals surface area contributed by atoms with Gasteiger partial charge < -0.3 is 14.0 Å². The van der Waals surface area contributed by atoms with Crippen LogP contribution in [0.3, 0.4) is 0 Å². The molecule has 6 nitrogen and oxygen atoms in total. The molecule has 92 valence electrons. The van der Waals surface area contributed by atoms with Crippen LogP contribution >= 0.6 is 0 Å². The standard InChI is InChI=1S/C9H14O6S/c10-9(14-3-4-16(11,12)13)7-5-6-1-2-8(7)15-6/h6-8H,1-5H2,(H,11,12,13)/p-1. The van der Waals surface area contributed by atoms with Gasteiger partial charge in [-0.15, -0.1) is 0 Å². The molecule has 0 saturated carbocycles. The van der Waals surface area contributed by atoms with Crippen LogP contribution in [0.1, 0.15) is 19.3 Å². The van der Waals surface area contributed by atoms with Gasteiger partial charge in [0.25, 0.3) is 0 Å². The molecule has 3 atom stereocenters. The van der Waals surface area contributed by atoms with Gasteiger partial charge in [-0.2, -0.15) is 0 Å². The zero-order chi connectivity index (χ0) is 11.8. The summed E-state index contributed by atoms with van der Waals surface area (Å²) in [7, 11) is -4.31. The molecule has 2 aliphatic rings. The molecule has 2 aliphatic heterocycles. The van der Waals surface area contributed by atoms with Gasteiger partial charge in [-0.05, 0) is 19.3 Å². The van der Waals surface area contributed by atoms with Crippen molar-refractivity contribution < 1.29 is 27.2 Å². The van der Waals surface area contributed by atoms with Crippen LogP contribution in [0.25, 0.3) is 0 Å². The molecule has 2 rings (SSSR count). The van der Waals surface area contributed by atoms with E-state index in [1.807, 2.05) is 0 Å². The predicted molar refractivity (Wildman–Crippen MR) is 51.5 cm³/mol. The lowest BCUT2D eigenvalue weighted by Gasteiger charge is -2.17. The molecule has 0 N–H and O–H groups in total. The van der Waals surface area contributed by atoms with E-state index in [0.717, 1.165) is 12.8 Å². The van der Waals surface area contributed by atoms with E-state index in [1.54, 1.807) is 0 Å². The maximum Gasteiger partial charge on any atom is 0.311 e. The highest BCUT2D eigenvalue weighted by Gasteiger charge is 2.45. The largest absolute Gasteiger partial charge is 0.748 e. The SMILES string of the molecule is O=C(OCCS(=O)(=O)[O-])C1CC2CCC1O2. The molecule has 0 radical (unpaired) electrons. The summed E-state index contributed by atoms with van der Waals surface area (Å²) >= 11 is 0. The van der Waals surface area contributed by atoms with Crippen LogP contribution in [0, 0.1) is 5.92 Å². The molecule has 0 spiro atoms. The maximum atomic E-state index is 11.5. The van der Waals surface area contributed by atoms with Crippen LogP contribution in [0.5, 0.6) is 0 Å². The van der Waals surface area contributed by atoms with Crippen molar-refractivity contribution in [3.63, 3.8) is 0 Å². The Morgan fingerprint density at radius 3 is 2.69 bits per heavy atom. The number of fused-ring (bicyclic) bond motifs is 2. The van der Waals surface area contributed by atoms with Gasteiger partial charge in [0.1, 0.15) is 6.61 Å². The van der Waals surface area contributed by atoms with Crippen molar-refractivity contribution in [2.24, 2.45) is 5.92 Å². The van der Waals surface area contributed by atoms with Crippen molar-refractivity contribution in [3.8, 4) is 0 Å². The minimum atomic E-state index is -4.31. The third kappa shape index (κ3) is 2.72. The Morgan fingerprint density at radius 1 is 1.44 bits per heavy atom. The van der Waals surface area contributed by atoms with Crippen molar-refractivity contribution in [3.05, 3.63) is 0 Å². The number of rotatable bonds is 4. The van der Waals surface area contributed by atoms with Gasteiger partial charge in [0.2, 0.25) is 0 Å². The van der Waals surface area contributed by atoms with Crippen LogP contribution in [0.2, 0.25) is 0 Å². The summed E-state index contributed by atoms with van der Waals surface area (Å²) in [6.07, 6.45) is 2.54. The summed E-state index contributed by atoms with van der Waals surface area (Å²) in [6.45, 7) is -0.363. The third-order valence-corrected chi connectivity index (χ3v) is 3.65. The van der Waals surface area contributed by atoms with E-state index in [-0.39, 0.29) is 24.7 Å². The van der Waals surface area contributed by atoms with Crippen molar-refractivity contribution in [1.29, 1.82) is 0 Å². The molecule has 0 aliphatic carbocycles. The van der Waals surface area contributed by atoms with E-state index in [9.17, 15) is 17.8 Å². The lowest BCUT2D eigenvalue weighted by molar-refractivity contribution is -0.149. The van der Waals surface area contributed by atoms with Crippen LogP contribution in [0.4, 0.5) is 0 Å². The molecular weight excluding hydrogens is 236 g/mol. The average molecular weight is 249 g/mol.